The highest BCUT2D eigenvalue weighted by Gasteiger charge is 2.65. The minimum absolute atomic E-state index is 0.402. The van der Waals surface area contributed by atoms with Crippen LogP contribution in [0, 0.1) is 11.8 Å². The molecule has 3 heteroatoms. The molecule has 1 saturated heterocycles. The maximum Gasteiger partial charge on any atom is 0.0931 e. The van der Waals surface area contributed by atoms with Gasteiger partial charge in [0.1, 0.15) is 0 Å². The van der Waals surface area contributed by atoms with Crippen molar-refractivity contribution in [3.05, 3.63) is 30.1 Å². The fourth-order valence-electron chi connectivity index (χ4n) is 4.61. The zero-order chi connectivity index (χ0) is 15.2. The highest BCUT2D eigenvalue weighted by Crippen LogP contribution is 2.63. The quantitative estimate of drug-likeness (QED) is 0.818. The molecule has 2 aliphatic rings. The van der Waals surface area contributed by atoms with E-state index in [-0.39, 0.29) is 0 Å². The Morgan fingerprint density at radius 2 is 2.05 bits per heavy atom. The van der Waals surface area contributed by atoms with Crippen molar-refractivity contribution in [1.29, 1.82) is 0 Å². The van der Waals surface area contributed by atoms with Crippen LogP contribution >= 0.6 is 0 Å². The van der Waals surface area contributed by atoms with E-state index in [4.69, 9.17) is 0 Å². The number of rotatable bonds is 6. The lowest BCUT2D eigenvalue weighted by molar-refractivity contribution is 0.271. The lowest BCUT2D eigenvalue weighted by Crippen LogP contribution is -2.29. The van der Waals surface area contributed by atoms with E-state index < -0.39 is 0 Å². The number of unbranched alkanes of at least 4 members (excludes halogenated alkanes) is 3. The minimum Gasteiger partial charge on any atom is -0.345 e. The summed E-state index contributed by atoms with van der Waals surface area (Å²) < 4.78 is 0. The molecule has 2 fully saturated rings. The van der Waals surface area contributed by atoms with Gasteiger partial charge < -0.3 is 9.88 Å². The van der Waals surface area contributed by atoms with Gasteiger partial charge in [0, 0.05) is 18.5 Å². The van der Waals surface area contributed by atoms with E-state index in [0.717, 1.165) is 17.4 Å². The molecule has 1 saturated carbocycles. The SMILES string of the molecule is CCCCCCN1CC2C(C1)C2(C)c1ccc2nc[nH]c2c1. The summed E-state index contributed by atoms with van der Waals surface area (Å²) in [6.45, 7) is 8.66. The molecule has 1 aliphatic heterocycles. The van der Waals surface area contributed by atoms with Crippen LogP contribution in [0.1, 0.15) is 45.1 Å². The van der Waals surface area contributed by atoms with Gasteiger partial charge in [-0.05, 0) is 42.5 Å². The minimum atomic E-state index is 0.402. The van der Waals surface area contributed by atoms with Crippen molar-refractivity contribution in [2.24, 2.45) is 11.8 Å². The maximum atomic E-state index is 4.33. The second kappa shape index (κ2) is 5.38. The average Bonchev–Trinajstić information content (AvgIpc) is 2.98. The van der Waals surface area contributed by atoms with Gasteiger partial charge in [-0.25, -0.2) is 4.98 Å². The molecule has 3 nitrogen and oxygen atoms in total. The number of fused-ring (bicyclic) bond motifs is 2. The number of benzene rings is 1. The van der Waals surface area contributed by atoms with Crippen LogP contribution in [0.2, 0.25) is 0 Å². The Balaban J connectivity index is 1.39. The summed E-state index contributed by atoms with van der Waals surface area (Å²) in [5.74, 6) is 1.72. The van der Waals surface area contributed by atoms with E-state index in [2.05, 4.69) is 46.9 Å². The third-order valence-corrected chi connectivity index (χ3v) is 6.20. The molecule has 1 aromatic carbocycles. The lowest BCUT2D eigenvalue weighted by atomic mass is 9.92. The predicted molar refractivity (Wildman–Crippen MR) is 91.0 cm³/mol. The lowest BCUT2D eigenvalue weighted by Gasteiger charge is -2.24. The Hall–Kier alpha value is -1.35. The number of piperidine rings is 1. The van der Waals surface area contributed by atoms with Gasteiger partial charge in [0.25, 0.3) is 0 Å². The molecule has 0 bridgehead atoms. The summed E-state index contributed by atoms with van der Waals surface area (Å²) in [5, 5.41) is 0. The first-order chi connectivity index (χ1) is 10.7. The van der Waals surface area contributed by atoms with Gasteiger partial charge in [-0.3, -0.25) is 0 Å². The van der Waals surface area contributed by atoms with E-state index in [9.17, 15) is 0 Å². The maximum absolute atomic E-state index is 4.33. The number of aromatic nitrogens is 2. The van der Waals surface area contributed by atoms with Gasteiger partial charge >= 0.3 is 0 Å². The van der Waals surface area contributed by atoms with Gasteiger partial charge in [-0.1, -0.05) is 39.2 Å². The zero-order valence-corrected chi connectivity index (χ0v) is 13.8. The molecule has 2 heterocycles. The normalized spacial score (nSPS) is 30.8. The molecule has 22 heavy (non-hydrogen) atoms. The second-order valence-corrected chi connectivity index (χ2v) is 7.45. The highest BCUT2D eigenvalue weighted by molar-refractivity contribution is 5.75. The Morgan fingerprint density at radius 3 is 2.82 bits per heavy atom. The van der Waals surface area contributed by atoms with Gasteiger partial charge in [0.15, 0.2) is 0 Å². The number of nitrogens with one attached hydrogen (secondary N) is 1. The Morgan fingerprint density at radius 1 is 1.23 bits per heavy atom. The third kappa shape index (κ3) is 2.18. The first kappa shape index (κ1) is 14.3. The van der Waals surface area contributed by atoms with Crippen molar-refractivity contribution < 1.29 is 0 Å². The summed E-state index contributed by atoms with van der Waals surface area (Å²) in [5.41, 5.74) is 4.17. The molecule has 1 aliphatic carbocycles. The first-order valence-corrected chi connectivity index (χ1v) is 8.89. The van der Waals surface area contributed by atoms with Crippen molar-refractivity contribution in [2.75, 3.05) is 19.6 Å². The smallest absolute Gasteiger partial charge is 0.0931 e. The summed E-state index contributed by atoms with van der Waals surface area (Å²) >= 11 is 0. The van der Waals surface area contributed by atoms with E-state index in [1.807, 2.05) is 0 Å². The second-order valence-electron chi connectivity index (χ2n) is 7.45. The summed E-state index contributed by atoms with van der Waals surface area (Å²) in [7, 11) is 0. The fraction of sp³-hybridized carbons (Fsp3) is 0.632. The number of nitrogens with zero attached hydrogens (tertiary/aromatic N) is 2. The molecular weight excluding hydrogens is 270 g/mol. The predicted octanol–water partition coefficient (Wildman–Crippen LogP) is 3.96. The van der Waals surface area contributed by atoms with E-state index in [1.165, 1.54) is 56.4 Å². The van der Waals surface area contributed by atoms with Crippen molar-refractivity contribution in [1.82, 2.24) is 14.9 Å². The summed E-state index contributed by atoms with van der Waals surface area (Å²) in [6.07, 6.45) is 7.30. The molecule has 118 valence electrons. The van der Waals surface area contributed by atoms with Gasteiger partial charge in [-0.2, -0.15) is 0 Å². The van der Waals surface area contributed by atoms with Gasteiger partial charge in [0.05, 0.1) is 17.4 Å². The van der Waals surface area contributed by atoms with E-state index >= 15 is 0 Å². The standard InChI is InChI=1S/C19H27N3/c1-3-4-5-6-9-22-11-15-16(12-22)19(15,2)14-7-8-17-18(10-14)21-13-20-17/h7-8,10,13,15-16H,3-6,9,11-12H2,1-2H3,(H,20,21). The molecule has 0 radical (unpaired) electrons. The summed E-state index contributed by atoms with van der Waals surface area (Å²) in [6, 6.07) is 6.79. The number of imidazole rings is 1. The van der Waals surface area contributed by atoms with Crippen molar-refractivity contribution in [3.8, 4) is 0 Å². The number of hydrogen-bond acceptors (Lipinski definition) is 2. The monoisotopic (exact) mass is 297 g/mol. The Bertz CT molecular complexity index is 647. The molecule has 1 N–H and O–H groups in total. The van der Waals surface area contributed by atoms with Crippen molar-refractivity contribution >= 4 is 11.0 Å². The number of hydrogen-bond donors (Lipinski definition) is 1. The molecule has 2 aromatic rings. The van der Waals surface area contributed by atoms with Crippen LogP contribution < -0.4 is 0 Å². The van der Waals surface area contributed by atoms with E-state index in [1.54, 1.807) is 6.33 Å². The molecule has 1 aromatic heterocycles. The topological polar surface area (TPSA) is 31.9 Å². The molecule has 2 unspecified atom stereocenters. The van der Waals surface area contributed by atoms with Crippen molar-refractivity contribution in [2.45, 2.75) is 44.9 Å². The van der Waals surface area contributed by atoms with Crippen LogP contribution in [0.5, 0.6) is 0 Å². The summed E-state index contributed by atoms with van der Waals surface area (Å²) in [4.78, 5) is 10.3. The average molecular weight is 297 g/mol. The molecule has 0 amide bonds. The van der Waals surface area contributed by atoms with Crippen LogP contribution in [0.25, 0.3) is 11.0 Å². The molecule has 2 atom stereocenters. The number of aromatic amines is 1. The van der Waals surface area contributed by atoms with Gasteiger partial charge in [0.2, 0.25) is 0 Å². The van der Waals surface area contributed by atoms with Crippen LogP contribution in [-0.2, 0) is 5.41 Å². The van der Waals surface area contributed by atoms with Crippen molar-refractivity contribution in [3.63, 3.8) is 0 Å². The third-order valence-electron chi connectivity index (χ3n) is 6.20. The first-order valence-electron chi connectivity index (χ1n) is 8.89. The van der Waals surface area contributed by atoms with Crippen LogP contribution in [0.15, 0.2) is 24.5 Å². The largest absolute Gasteiger partial charge is 0.345 e. The van der Waals surface area contributed by atoms with E-state index in [0.29, 0.717) is 5.41 Å². The number of likely N-dealkylation sites (tertiary alicyclic amines) is 1. The molecule has 4 rings (SSSR count). The van der Waals surface area contributed by atoms with Crippen LogP contribution in [0.4, 0.5) is 0 Å². The van der Waals surface area contributed by atoms with Crippen LogP contribution in [-0.4, -0.2) is 34.5 Å². The number of H-pyrrole nitrogens is 1. The van der Waals surface area contributed by atoms with Gasteiger partial charge in [-0.15, -0.1) is 0 Å². The molecule has 0 spiro atoms. The Kier molecular flexibility index (Phi) is 3.48. The fourth-order valence-corrected chi connectivity index (χ4v) is 4.61. The van der Waals surface area contributed by atoms with Crippen LogP contribution in [0.3, 0.4) is 0 Å². The zero-order valence-electron chi connectivity index (χ0n) is 13.8. The highest BCUT2D eigenvalue weighted by atomic mass is 15.2. The Labute approximate surface area is 133 Å². The molecular formula is C19H27N3.